The highest BCUT2D eigenvalue weighted by Crippen LogP contribution is 2.40. The number of aromatic nitrogens is 5. The second-order valence-corrected chi connectivity index (χ2v) is 11.2. The molecule has 2 aliphatic heterocycles. The molecule has 0 radical (unpaired) electrons. The molecule has 13 heteroatoms. The molecule has 2 saturated heterocycles. The molecule has 0 unspecified atom stereocenters. The molecule has 2 fully saturated rings. The Hall–Kier alpha value is -3.62. The quantitative estimate of drug-likeness (QED) is 0.178. The number of rotatable bonds is 12. The van der Waals surface area contributed by atoms with Crippen molar-refractivity contribution < 1.29 is 24.6 Å². The first-order chi connectivity index (χ1) is 21.1. The van der Waals surface area contributed by atoms with Gasteiger partial charge in [0.2, 0.25) is 5.95 Å². The highest BCUT2D eigenvalue weighted by Gasteiger charge is 2.47. The molecule has 13 nitrogen and oxygen atoms in total. The molecule has 1 aromatic carbocycles. The van der Waals surface area contributed by atoms with Crippen LogP contribution in [0.1, 0.15) is 55.5 Å². The van der Waals surface area contributed by atoms with Gasteiger partial charge >= 0.3 is 0 Å². The molecule has 0 aliphatic carbocycles. The summed E-state index contributed by atoms with van der Waals surface area (Å²) in [6.45, 7) is 5.87. The standard InChI is InChI=1S/C30H40N8O5/c1-2-21-17-22(43-35-21)26-24(40)25(41)29(42-26)38-18-32-23-27(37(19-39)15-11-20-9-5-3-6-10-20)33-30(34-28(23)38)31-12-16-36-13-7-4-8-14-36/h3,5-6,9-10,17-18,24-26,29,39-41H,2,4,7-8,11-16,19H2,1H3,(H,31,33,34)/t24-,25+,26+,29+/m0/s1. The first-order valence-electron chi connectivity index (χ1n) is 15.1. The van der Waals surface area contributed by atoms with Gasteiger partial charge in [-0.15, -0.1) is 0 Å². The predicted octanol–water partition coefficient (Wildman–Crippen LogP) is 2.27. The first kappa shape index (κ1) is 29.5. The van der Waals surface area contributed by atoms with Crippen LogP contribution in [0.4, 0.5) is 11.8 Å². The number of benzene rings is 1. The fourth-order valence-corrected chi connectivity index (χ4v) is 5.80. The summed E-state index contributed by atoms with van der Waals surface area (Å²) in [6, 6.07) is 11.8. The molecule has 0 saturated carbocycles. The molecule has 4 aromatic rings. The average Bonchev–Trinajstić information content (AvgIpc) is 3.76. The van der Waals surface area contributed by atoms with Crippen LogP contribution in [0.5, 0.6) is 0 Å². The molecule has 230 valence electrons. The number of hydrogen-bond donors (Lipinski definition) is 4. The Labute approximate surface area is 250 Å². The van der Waals surface area contributed by atoms with E-state index in [4.69, 9.17) is 19.2 Å². The van der Waals surface area contributed by atoms with E-state index in [2.05, 4.69) is 20.4 Å². The van der Waals surface area contributed by atoms with Gasteiger partial charge in [0, 0.05) is 25.7 Å². The molecule has 43 heavy (non-hydrogen) atoms. The fraction of sp³-hybridized carbons (Fsp3) is 0.533. The lowest BCUT2D eigenvalue weighted by Crippen LogP contribution is -2.34. The molecule has 3 aromatic heterocycles. The zero-order valence-electron chi connectivity index (χ0n) is 24.4. The van der Waals surface area contributed by atoms with Gasteiger partial charge in [-0.05, 0) is 44.3 Å². The van der Waals surface area contributed by atoms with Crippen molar-refractivity contribution >= 4 is 22.9 Å². The van der Waals surface area contributed by atoms with Crippen LogP contribution in [-0.2, 0) is 17.6 Å². The lowest BCUT2D eigenvalue weighted by molar-refractivity contribution is -0.0434. The fourth-order valence-electron chi connectivity index (χ4n) is 5.80. The molecule has 2 aliphatic rings. The van der Waals surface area contributed by atoms with E-state index in [1.54, 1.807) is 15.5 Å². The van der Waals surface area contributed by atoms with Crippen LogP contribution < -0.4 is 10.2 Å². The summed E-state index contributed by atoms with van der Waals surface area (Å²) >= 11 is 0. The number of piperidine rings is 1. The van der Waals surface area contributed by atoms with Gasteiger partial charge in [0.1, 0.15) is 25.0 Å². The highest BCUT2D eigenvalue weighted by molar-refractivity contribution is 5.85. The normalized spacial score (nSPS) is 22.8. The molecule has 5 heterocycles. The molecule has 0 spiro atoms. The first-order valence-corrected chi connectivity index (χ1v) is 15.1. The van der Waals surface area contributed by atoms with E-state index < -0.39 is 24.5 Å². The number of anilines is 2. The number of hydrogen-bond acceptors (Lipinski definition) is 12. The van der Waals surface area contributed by atoms with Crippen LogP contribution >= 0.6 is 0 Å². The minimum absolute atomic E-state index is 0.270. The van der Waals surface area contributed by atoms with Gasteiger partial charge in [-0.1, -0.05) is 48.8 Å². The minimum Gasteiger partial charge on any atom is -0.387 e. The Morgan fingerprint density at radius 3 is 2.63 bits per heavy atom. The van der Waals surface area contributed by atoms with Gasteiger partial charge in [0.25, 0.3) is 0 Å². The van der Waals surface area contributed by atoms with Crippen molar-refractivity contribution in [1.29, 1.82) is 0 Å². The average molecular weight is 593 g/mol. The van der Waals surface area contributed by atoms with E-state index >= 15 is 0 Å². The maximum absolute atomic E-state index is 11.1. The number of fused-ring (bicyclic) bond motifs is 1. The smallest absolute Gasteiger partial charge is 0.226 e. The summed E-state index contributed by atoms with van der Waals surface area (Å²) in [6.07, 6.45) is 2.16. The lowest BCUT2D eigenvalue weighted by Gasteiger charge is -2.26. The van der Waals surface area contributed by atoms with Crippen LogP contribution in [-0.4, -0.2) is 96.6 Å². The Bertz CT molecular complexity index is 1470. The number of aryl methyl sites for hydroxylation is 1. The van der Waals surface area contributed by atoms with Gasteiger partial charge in [-0.2, -0.15) is 9.97 Å². The maximum Gasteiger partial charge on any atom is 0.226 e. The number of aliphatic hydroxyl groups excluding tert-OH is 3. The van der Waals surface area contributed by atoms with Gasteiger partial charge in [0.15, 0.2) is 29.0 Å². The van der Waals surface area contributed by atoms with E-state index in [0.717, 1.165) is 30.9 Å². The van der Waals surface area contributed by atoms with Gasteiger partial charge in [-0.3, -0.25) is 4.57 Å². The van der Waals surface area contributed by atoms with E-state index in [-0.39, 0.29) is 6.73 Å². The summed E-state index contributed by atoms with van der Waals surface area (Å²) in [7, 11) is 0. The molecule has 4 atom stereocenters. The zero-order valence-corrected chi connectivity index (χ0v) is 24.4. The summed E-state index contributed by atoms with van der Waals surface area (Å²) in [5.74, 6) is 1.19. The van der Waals surface area contributed by atoms with Crippen LogP contribution in [0.2, 0.25) is 0 Å². The van der Waals surface area contributed by atoms with E-state index in [1.807, 2.05) is 37.3 Å². The Morgan fingerprint density at radius 1 is 1.07 bits per heavy atom. The van der Waals surface area contributed by atoms with Gasteiger partial charge < -0.3 is 39.7 Å². The largest absolute Gasteiger partial charge is 0.387 e. The zero-order chi connectivity index (χ0) is 29.8. The second kappa shape index (κ2) is 13.3. The SMILES string of the molecule is CCc1cc([C@H]2O[C@@H](n3cnc4c(N(CO)CCc5ccccc5)nc(NCCN5CCCCC5)nc43)[C@H](O)[C@@H]2O)on1. The number of likely N-dealkylation sites (tertiary alicyclic amines) is 1. The third-order valence-electron chi connectivity index (χ3n) is 8.28. The third kappa shape index (κ3) is 6.36. The Balaban J connectivity index is 1.30. The minimum atomic E-state index is -1.28. The van der Waals surface area contributed by atoms with Crippen molar-refractivity contribution in [3.05, 3.63) is 59.7 Å². The molecular formula is C30H40N8O5. The number of ether oxygens (including phenoxy) is 1. The topological polar surface area (TPSA) is 158 Å². The molecule has 0 amide bonds. The molecule has 6 rings (SSSR count). The summed E-state index contributed by atoms with van der Waals surface area (Å²) in [4.78, 5) is 18.3. The number of nitrogens with zero attached hydrogens (tertiary/aromatic N) is 7. The van der Waals surface area contributed by atoms with Gasteiger partial charge in [-0.25, -0.2) is 4.98 Å². The second-order valence-electron chi connectivity index (χ2n) is 11.2. The van der Waals surface area contributed by atoms with Crippen LogP contribution in [0.3, 0.4) is 0 Å². The van der Waals surface area contributed by atoms with Crippen molar-refractivity contribution in [1.82, 2.24) is 29.6 Å². The van der Waals surface area contributed by atoms with Crippen molar-refractivity contribution in [3.8, 4) is 0 Å². The maximum atomic E-state index is 11.1. The number of imidazole rings is 1. The van der Waals surface area contributed by atoms with Crippen molar-refractivity contribution in [2.24, 2.45) is 0 Å². The van der Waals surface area contributed by atoms with Crippen LogP contribution in [0, 0.1) is 0 Å². The molecular weight excluding hydrogens is 552 g/mol. The lowest BCUT2D eigenvalue weighted by atomic mass is 10.1. The summed E-state index contributed by atoms with van der Waals surface area (Å²) in [5, 5.41) is 39.8. The van der Waals surface area contributed by atoms with E-state index in [1.165, 1.54) is 25.6 Å². The van der Waals surface area contributed by atoms with E-state index in [9.17, 15) is 15.3 Å². The van der Waals surface area contributed by atoms with Crippen molar-refractivity contribution in [2.75, 3.05) is 49.7 Å². The Kier molecular flexibility index (Phi) is 9.14. The number of nitrogens with one attached hydrogen (secondary N) is 1. The predicted molar refractivity (Wildman–Crippen MR) is 159 cm³/mol. The third-order valence-corrected chi connectivity index (χ3v) is 8.28. The van der Waals surface area contributed by atoms with Crippen molar-refractivity contribution in [2.45, 2.75) is 63.6 Å². The summed E-state index contributed by atoms with van der Waals surface area (Å²) in [5.41, 5.74) is 2.73. The van der Waals surface area contributed by atoms with Crippen molar-refractivity contribution in [3.63, 3.8) is 0 Å². The summed E-state index contributed by atoms with van der Waals surface area (Å²) < 4.78 is 13.2. The highest BCUT2D eigenvalue weighted by atomic mass is 16.6. The van der Waals surface area contributed by atoms with Crippen LogP contribution in [0.15, 0.2) is 47.2 Å². The molecule has 0 bridgehead atoms. The Morgan fingerprint density at radius 2 is 1.88 bits per heavy atom. The van der Waals surface area contributed by atoms with Crippen LogP contribution in [0.25, 0.3) is 11.2 Å². The van der Waals surface area contributed by atoms with E-state index in [0.29, 0.717) is 54.6 Å². The molecule has 4 N–H and O–H groups in total. The van der Waals surface area contributed by atoms with Gasteiger partial charge in [0.05, 0.1) is 12.0 Å². The number of aliphatic hydroxyl groups is 3. The monoisotopic (exact) mass is 592 g/mol.